The Bertz CT molecular complexity index is 2390. The first-order valence-corrected chi connectivity index (χ1v) is 33.2. The number of carboxylic acids is 1. The van der Waals surface area contributed by atoms with Crippen LogP contribution in [0.2, 0.25) is 0 Å². The second-order valence-electron chi connectivity index (χ2n) is 25.7. The molecule has 568 valence electrons. The van der Waals surface area contributed by atoms with E-state index in [9.17, 15) is 117 Å². The second-order valence-corrected chi connectivity index (χ2v) is 25.7. The zero-order chi connectivity index (χ0) is 71.4. The fraction of sp³-hybridized carbons (Fsp3) is 0.933. The molecule has 0 amide bonds. The average molecular weight is 1430 g/mol. The number of esters is 1. The lowest BCUT2D eigenvalue weighted by atomic mass is 9.95. The van der Waals surface area contributed by atoms with Crippen molar-refractivity contribution in [2.45, 2.75) is 299 Å². The highest BCUT2D eigenvalue weighted by Gasteiger charge is 2.60. The predicted molar refractivity (Wildman–Crippen MR) is 314 cm³/mol. The summed E-state index contributed by atoms with van der Waals surface area (Å²) in [6.45, 7) is -5.42. The van der Waals surface area contributed by atoms with Gasteiger partial charge in [0, 0.05) is 0 Å². The number of carbonyl (C=O) groups excluding carboxylic acids is 1. The number of aliphatic hydroxyl groups excluding tert-OH is 20. The van der Waals surface area contributed by atoms with E-state index in [1.165, 1.54) is 19.3 Å². The monoisotopic (exact) mass is 1430 g/mol. The number of rotatable bonds is 23. The molecule has 21 fully saturated rings. The number of unbranched alkanes of at least 4 members (excludes halogenated alkanes) is 9. The normalized spacial score (nSPS) is 46.4. The quantitative estimate of drug-likeness (QED) is 0.0257. The van der Waals surface area contributed by atoms with Crippen molar-refractivity contribution in [3.05, 3.63) is 12.2 Å². The third-order valence-electron chi connectivity index (χ3n) is 18.8. The third-order valence-corrected chi connectivity index (χ3v) is 18.8. The fourth-order valence-electron chi connectivity index (χ4n) is 13.1. The molecule has 21 aliphatic rings. The van der Waals surface area contributed by atoms with Crippen molar-refractivity contribution >= 4 is 11.9 Å². The largest absolute Gasteiger partial charge is 0.481 e. The molecule has 3 unspecified atom stereocenters. The molecule has 21 rings (SSSR count). The standard InChI is InChI=1S/C60H100O38/c1-2-3-4-5-6-7-8-9-10-11-12-13-14-23(15-31(67)68)53(83)84-22-30-52-38(75)45(82)60(91-30)97-51-29(21-66)89-58(43(80)36(51)73)95-49-27(19-64)87-56(41(78)34(49)71)93-47-25(17-62)85-54(39(76)32(47)69)92-46-24(16-61)86-55(40(77)33(46)70)94-48-26(18-63)88-57(42(79)35(48)72)96-50-28(20-65)90-59(98-52)44(81)37(50)74/h12-13,23-30,32-52,54-66,69-82H,2-11,14-22H2,1H3,(H,67,68)/b13-12-/t23?,24-,25-,26-,27-,28-,29-,30-,32?,33-,34-,35-,36-,37-,38-,39-,40-,41-,42-,43-,44?,45-,46-,47-,48-,49-,50-,51-,52-,54-,55-,56-,57-,58-,59-,60-/m1/s1. The minimum atomic E-state index is -2.35. The van der Waals surface area contributed by atoms with Crippen LogP contribution in [0, 0.1) is 5.92 Å². The molecule has 0 aromatic carbocycles. The number of hydrogen-bond acceptors (Lipinski definition) is 37. The molecule has 0 aromatic rings. The number of ether oxygens (including phenoxy) is 15. The van der Waals surface area contributed by atoms with Gasteiger partial charge in [0.25, 0.3) is 0 Å². The van der Waals surface area contributed by atoms with E-state index in [4.69, 9.17) is 71.1 Å². The van der Waals surface area contributed by atoms with Crippen molar-refractivity contribution in [1.29, 1.82) is 0 Å². The molecule has 0 aromatic heterocycles. The molecule has 21 saturated heterocycles. The lowest BCUT2D eigenvalue weighted by Crippen LogP contribution is -2.68. The van der Waals surface area contributed by atoms with Crippen molar-refractivity contribution in [1.82, 2.24) is 0 Å². The molecular formula is C60H100O38. The van der Waals surface area contributed by atoms with Crippen molar-refractivity contribution < 1.29 is 188 Å². The molecule has 0 saturated carbocycles. The molecule has 38 nitrogen and oxygen atoms in total. The topological polar surface area (TPSA) is 597 Å². The van der Waals surface area contributed by atoms with Gasteiger partial charge in [-0.05, 0) is 19.3 Å². The van der Waals surface area contributed by atoms with Crippen molar-refractivity contribution in [3.8, 4) is 0 Å². The fourth-order valence-corrected chi connectivity index (χ4v) is 13.1. The molecule has 21 N–H and O–H groups in total. The van der Waals surface area contributed by atoms with Gasteiger partial charge in [0.1, 0.15) is 178 Å². The average Bonchev–Trinajstić information content (AvgIpc) is 0.781. The lowest BCUT2D eigenvalue weighted by molar-refractivity contribution is -0.396. The molecule has 0 spiro atoms. The zero-order valence-electron chi connectivity index (χ0n) is 53.7. The Morgan fingerprint density at radius 2 is 0.561 bits per heavy atom. The van der Waals surface area contributed by atoms with E-state index in [0.29, 0.717) is 6.42 Å². The van der Waals surface area contributed by atoms with Gasteiger partial charge in [-0.1, -0.05) is 70.4 Å². The van der Waals surface area contributed by atoms with E-state index >= 15 is 0 Å². The van der Waals surface area contributed by atoms with Crippen LogP contribution in [0.5, 0.6) is 0 Å². The molecule has 0 aliphatic carbocycles. The molecule has 98 heavy (non-hydrogen) atoms. The third kappa shape index (κ3) is 19.1. The molecule has 21 heterocycles. The minimum absolute atomic E-state index is 0.117. The van der Waals surface area contributed by atoms with Gasteiger partial charge in [0.2, 0.25) is 0 Å². The Morgan fingerprint density at radius 3 is 0.806 bits per heavy atom. The maximum absolute atomic E-state index is 13.9. The van der Waals surface area contributed by atoms with Crippen LogP contribution in [0.15, 0.2) is 12.2 Å². The molecule has 36 atom stereocenters. The van der Waals surface area contributed by atoms with Crippen molar-refractivity contribution in [3.63, 3.8) is 0 Å². The zero-order valence-corrected chi connectivity index (χ0v) is 53.7. The first kappa shape index (κ1) is 81.0. The highest BCUT2D eigenvalue weighted by atomic mass is 16.8. The Labute approximate surface area is 561 Å². The maximum atomic E-state index is 13.9. The maximum Gasteiger partial charge on any atom is 0.309 e. The smallest absolute Gasteiger partial charge is 0.309 e. The van der Waals surface area contributed by atoms with Crippen LogP contribution >= 0.6 is 0 Å². The molecule has 21 aliphatic heterocycles. The van der Waals surface area contributed by atoms with Gasteiger partial charge in [-0.25, -0.2) is 0 Å². The summed E-state index contributed by atoms with van der Waals surface area (Å²) in [6, 6.07) is 0. The van der Waals surface area contributed by atoms with Gasteiger partial charge in [0.05, 0.1) is 52.0 Å². The Hall–Kier alpha value is -2.68. The van der Waals surface area contributed by atoms with Gasteiger partial charge in [-0.3, -0.25) is 9.59 Å². The number of carboxylic acid groups (broad SMARTS) is 1. The van der Waals surface area contributed by atoms with E-state index in [1.54, 1.807) is 12.2 Å². The van der Waals surface area contributed by atoms with E-state index < -0.39 is 285 Å². The highest BCUT2D eigenvalue weighted by Crippen LogP contribution is 2.39. The highest BCUT2D eigenvalue weighted by molar-refractivity contribution is 5.79. The van der Waals surface area contributed by atoms with Crippen LogP contribution in [-0.2, 0) is 80.6 Å². The summed E-state index contributed by atoms with van der Waals surface area (Å²) >= 11 is 0. The summed E-state index contributed by atoms with van der Waals surface area (Å²) < 4.78 is 86.8. The summed E-state index contributed by atoms with van der Waals surface area (Å²) in [4.78, 5) is 26.0. The van der Waals surface area contributed by atoms with Crippen LogP contribution in [0.3, 0.4) is 0 Å². The number of aliphatic hydroxyl groups is 20. The number of hydrogen-bond donors (Lipinski definition) is 21. The van der Waals surface area contributed by atoms with E-state index in [-0.39, 0.29) is 6.42 Å². The summed E-state index contributed by atoms with van der Waals surface area (Å²) in [7, 11) is 0. The van der Waals surface area contributed by atoms with Crippen molar-refractivity contribution in [2.24, 2.45) is 5.92 Å². The number of allylic oxidation sites excluding steroid dienone is 2. The summed E-state index contributed by atoms with van der Waals surface area (Å²) in [5.74, 6) is -3.82. The number of carbonyl (C=O) groups is 2. The predicted octanol–water partition coefficient (Wildman–Crippen LogP) is -9.72. The summed E-state index contributed by atoms with van der Waals surface area (Å²) in [6.07, 6.45) is -60.0. The second kappa shape index (κ2) is 37.8. The Morgan fingerprint density at radius 1 is 0.327 bits per heavy atom. The van der Waals surface area contributed by atoms with Crippen LogP contribution < -0.4 is 0 Å². The number of aliphatic carboxylic acids is 1. The molecule has 14 bridgehead atoms. The summed E-state index contributed by atoms with van der Waals surface area (Å²) in [5.41, 5.74) is 0. The van der Waals surface area contributed by atoms with Crippen LogP contribution in [0.1, 0.15) is 84.0 Å². The van der Waals surface area contributed by atoms with Gasteiger partial charge in [-0.2, -0.15) is 0 Å². The van der Waals surface area contributed by atoms with E-state index in [1.807, 2.05) is 0 Å². The van der Waals surface area contributed by atoms with Crippen molar-refractivity contribution in [2.75, 3.05) is 46.2 Å². The Kier molecular flexibility index (Phi) is 31.3. The van der Waals surface area contributed by atoms with Gasteiger partial charge >= 0.3 is 11.9 Å². The van der Waals surface area contributed by atoms with E-state index in [2.05, 4.69) is 6.92 Å². The van der Waals surface area contributed by atoms with Gasteiger partial charge in [0.15, 0.2) is 44.0 Å². The van der Waals surface area contributed by atoms with Crippen LogP contribution in [0.4, 0.5) is 0 Å². The SMILES string of the molecule is CCCCCCCCCCC/C=C\CC(CC(=O)O)C(=O)OC[C@H]1O[C@@H]2O[C@H]3[C@H](O)[C@@H](O)[C@@H](O[C@H]4[C@H](O)[C@@H](O)[C@H](O[C@@H]4CO)O[C@H]4C(O)[C@@H](O)[C@@H](O[C@H]5[C@H](O)[C@@H](O)[C@@H](O[C@H]6[C@H](O)[C@@H](O)[C@@H](O[C@H]7[C@H](O)C(O)[C@@H](O[C@H]1[C@H](O)[C@H]2O)O[C@@H]7CO)O[C@@H]6CO)O[C@@H]5CO)O[C@@H]4CO)O[C@@H]3CO. The van der Waals surface area contributed by atoms with Gasteiger partial charge in [-0.15, -0.1) is 0 Å². The summed E-state index contributed by atoms with van der Waals surface area (Å²) in [5, 5.41) is 235. The lowest BCUT2D eigenvalue weighted by Gasteiger charge is -2.50. The first-order chi connectivity index (χ1) is 46.9. The Balaban J connectivity index is 1.07. The minimum Gasteiger partial charge on any atom is -0.481 e. The molecular weight excluding hydrogens is 1330 g/mol. The molecule has 38 heteroatoms. The van der Waals surface area contributed by atoms with Gasteiger partial charge < -0.3 is 178 Å². The first-order valence-electron chi connectivity index (χ1n) is 33.2. The molecule has 0 radical (unpaired) electrons. The van der Waals surface area contributed by atoms with Crippen LogP contribution in [-0.4, -0.2) is 380 Å². The van der Waals surface area contributed by atoms with E-state index in [0.717, 1.165) is 38.5 Å². The van der Waals surface area contributed by atoms with Crippen LogP contribution in [0.25, 0.3) is 0 Å².